The highest BCUT2D eigenvalue weighted by Gasteiger charge is 2.21. The maximum atomic E-state index is 6.24. The van der Waals surface area contributed by atoms with Crippen LogP contribution in [0.2, 0.25) is 0 Å². The topological polar surface area (TPSA) is 74.1 Å². The van der Waals surface area contributed by atoms with E-state index >= 15 is 0 Å². The molecule has 1 heterocycles. The highest BCUT2D eigenvalue weighted by molar-refractivity contribution is 4.86. The largest absolute Gasteiger partial charge is 0.323 e. The summed E-state index contributed by atoms with van der Waals surface area (Å²) < 4.78 is 0. The van der Waals surface area contributed by atoms with Crippen molar-refractivity contribution in [1.82, 2.24) is 21.3 Å². The number of nitrogens with two attached hydrogens (primary N) is 1. The molecule has 5 nitrogen and oxygen atoms in total. The van der Waals surface area contributed by atoms with Gasteiger partial charge in [-0.2, -0.15) is 0 Å². The van der Waals surface area contributed by atoms with Crippen LogP contribution >= 0.6 is 0 Å². The van der Waals surface area contributed by atoms with Gasteiger partial charge in [0, 0.05) is 56.4 Å². The summed E-state index contributed by atoms with van der Waals surface area (Å²) in [5, 5.41) is 14.0. The molecule has 1 fully saturated rings. The summed E-state index contributed by atoms with van der Waals surface area (Å²) in [6, 6.07) is 0.518. The highest BCUT2D eigenvalue weighted by Crippen LogP contribution is 2.10. The van der Waals surface area contributed by atoms with Crippen LogP contribution in [0, 0.1) is 0 Å². The van der Waals surface area contributed by atoms with E-state index in [0.29, 0.717) is 6.04 Å². The Labute approximate surface area is 118 Å². The Morgan fingerprint density at radius 3 is 2.16 bits per heavy atom. The van der Waals surface area contributed by atoms with E-state index in [4.69, 9.17) is 5.73 Å². The van der Waals surface area contributed by atoms with E-state index < -0.39 is 0 Å². The zero-order valence-electron chi connectivity index (χ0n) is 13.1. The number of hydrogen-bond acceptors (Lipinski definition) is 5. The van der Waals surface area contributed by atoms with E-state index in [1.165, 1.54) is 0 Å². The minimum atomic E-state index is -0.189. The van der Waals surface area contributed by atoms with E-state index in [0.717, 1.165) is 45.7 Å². The lowest BCUT2D eigenvalue weighted by molar-refractivity contribution is 0.308. The van der Waals surface area contributed by atoms with E-state index in [-0.39, 0.29) is 11.1 Å². The van der Waals surface area contributed by atoms with Crippen LogP contribution in [-0.4, -0.2) is 56.4 Å². The van der Waals surface area contributed by atoms with Gasteiger partial charge in [-0.1, -0.05) is 0 Å². The number of rotatable bonds is 0. The van der Waals surface area contributed by atoms with Crippen molar-refractivity contribution in [2.24, 2.45) is 5.73 Å². The second-order valence-electron chi connectivity index (χ2n) is 6.88. The first-order valence-electron chi connectivity index (χ1n) is 7.49. The first kappa shape index (κ1) is 16.9. The third-order valence-corrected chi connectivity index (χ3v) is 3.57. The SMILES string of the molecule is CC1CC(C)(C)NCCNCC(C)(N)CNCCN1. The van der Waals surface area contributed by atoms with Crippen molar-refractivity contribution in [1.29, 1.82) is 0 Å². The molecule has 0 aliphatic carbocycles. The average molecular weight is 271 g/mol. The van der Waals surface area contributed by atoms with Crippen molar-refractivity contribution < 1.29 is 0 Å². The van der Waals surface area contributed by atoms with Gasteiger partial charge in [0.25, 0.3) is 0 Å². The Morgan fingerprint density at radius 2 is 1.53 bits per heavy atom. The molecule has 1 aliphatic heterocycles. The molecule has 0 aromatic carbocycles. The van der Waals surface area contributed by atoms with Crippen molar-refractivity contribution >= 4 is 0 Å². The summed E-state index contributed by atoms with van der Waals surface area (Å²) in [6.45, 7) is 14.4. The molecule has 0 bridgehead atoms. The van der Waals surface area contributed by atoms with Crippen LogP contribution in [0.5, 0.6) is 0 Å². The van der Waals surface area contributed by atoms with Gasteiger partial charge in [0.2, 0.25) is 0 Å². The predicted octanol–water partition coefficient (Wildman–Crippen LogP) is -0.367. The van der Waals surface area contributed by atoms with Gasteiger partial charge < -0.3 is 27.0 Å². The molecule has 0 amide bonds. The molecule has 19 heavy (non-hydrogen) atoms. The molecule has 0 aromatic rings. The molecule has 0 radical (unpaired) electrons. The minimum absolute atomic E-state index is 0.164. The quantitative estimate of drug-likeness (QED) is 0.416. The maximum Gasteiger partial charge on any atom is 0.0378 e. The Bertz CT molecular complexity index is 252. The van der Waals surface area contributed by atoms with Crippen LogP contribution in [-0.2, 0) is 0 Å². The smallest absolute Gasteiger partial charge is 0.0378 e. The van der Waals surface area contributed by atoms with Gasteiger partial charge in [-0.25, -0.2) is 0 Å². The second kappa shape index (κ2) is 7.55. The Kier molecular flexibility index (Phi) is 6.69. The Hall–Kier alpha value is -0.200. The monoisotopic (exact) mass is 271 g/mol. The summed E-state index contributed by atoms with van der Waals surface area (Å²) in [4.78, 5) is 0. The van der Waals surface area contributed by atoms with Gasteiger partial charge in [-0.05, 0) is 34.1 Å². The van der Waals surface area contributed by atoms with Crippen LogP contribution in [0.25, 0.3) is 0 Å². The summed E-state index contributed by atoms with van der Waals surface area (Å²) in [7, 11) is 0. The lowest BCUT2D eigenvalue weighted by atomic mass is 9.96. The van der Waals surface area contributed by atoms with Crippen LogP contribution in [0.1, 0.15) is 34.1 Å². The number of nitrogens with one attached hydrogen (secondary N) is 4. The van der Waals surface area contributed by atoms with Crippen LogP contribution in [0.15, 0.2) is 0 Å². The molecular formula is C14H33N5. The number of hydrogen-bond donors (Lipinski definition) is 5. The molecule has 1 saturated heterocycles. The fourth-order valence-electron chi connectivity index (χ4n) is 2.62. The molecule has 0 saturated carbocycles. The summed E-state index contributed by atoms with van der Waals surface area (Å²) >= 11 is 0. The Balaban J connectivity index is 2.47. The van der Waals surface area contributed by atoms with Crippen LogP contribution in [0.3, 0.4) is 0 Å². The summed E-state index contributed by atoms with van der Waals surface area (Å²) in [6.07, 6.45) is 1.13. The zero-order valence-corrected chi connectivity index (χ0v) is 13.1. The molecule has 5 heteroatoms. The van der Waals surface area contributed by atoms with Crippen LogP contribution in [0.4, 0.5) is 0 Å². The van der Waals surface area contributed by atoms with E-state index in [2.05, 4.69) is 49.0 Å². The van der Waals surface area contributed by atoms with Crippen molar-refractivity contribution in [3.8, 4) is 0 Å². The molecule has 1 rings (SSSR count). The molecule has 1 aliphatic rings. The minimum Gasteiger partial charge on any atom is -0.323 e. The van der Waals surface area contributed by atoms with Gasteiger partial charge >= 0.3 is 0 Å². The first-order valence-corrected chi connectivity index (χ1v) is 7.49. The first-order chi connectivity index (χ1) is 8.81. The summed E-state index contributed by atoms with van der Waals surface area (Å²) in [5.41, 5.74) is 6.22. The molecule has 2 atom stereocenters. The normalized spacial score (nSPS) is 35.5. The van der Waals surface area contributed by atoms with E-state index in [1.54, 1.807) is 0 Å². The van der Waals surface area contributed by atoms with Gasteiger partial charge in [-0.3, -0.25) is 0 Å². The molecule has 2 unspecified atom stereocenters. The standard InChI is InChI=1S/C14H33N5/c1-12-9-13(2,3)19-8-6-17-11-14(4,15)10-16-5-7-18-12/h12,16-19H,5-11,15H2,1-4H3. The fraction of sp³-hybridized carbons (Fsp3) is 1.00. The summed E-state index contributed by atoms with van der Waals surface area (Å²) in [5.74, 6) is 0. The average Bonchev–Trinajstić information content (AvgIpc) is 2.25. The van der Waals surface area contributed by atoms with Gasteiger partial charge in [0.1, 0.15) is 0 Å². The molecule has 0 spiro atoms. The van der Waals surface area contributed by atoms with E-state index in [9.17, 15) is 0 Å². The van der Waals surface area contributed by atoms with Crippen molar-refractivity contribution in [3.63, 3.8) is 0 Å². The van der Waals surface area contributed by atoms with E-state index in [1.807, 2.05) is 0 Å². The lowest BCUT2D eigenvalue weighted by Gasteiger charge is -2.31. The second-order valence-corrected chi connectivity index (χ2v) is 6.88. The molecule has 114 valence electrons. The lowest BCUT2D eigenvalue weighted by Crippen LogP contribution is -2.55. The Morgan fingerprint density at radius 1 is 0.947 bits per heavy atom. The third kappa shape index (κ3) is 7.84. The van der Waals surface area contributed by atoms with Crippen LogP contribution < -0.4 is 27.0 Å². The van der Waals surface area contributed by atoms with Gasteiger partial charge in [-0.15, -0.1) is 0 Å². The molecular weight excluding hydrogens is 238 g/mol. The zero-order chi connectivity index (χ0) is 14.4. The fourth-order valence-corrected chi connectivity index (χ4v) is 2.62. The molecule has 6 N–H and O–H groups in total. The maximum absolute atomic E-state index is 6.24. The predicted molar refractivity (Wildman–Crippen MR) is 82.5 cm³/mol. The van der Waals surface area contributed by atoms with Crippen molar-refractivity contribution in [2.75, 3.05) is 39.3 Å². The van der Waals surface area contributed by atoms with Crippen molar-refractivity contribution in [2.45, 2.75) is 51.2 Å². The third-order valence-electron chi connectivity index (χ3n) is 3.57. The van der Waals surface area contributed by atoms with Crippen molar-refractivity contribution in [3.05, 3.63) is 0 Å². The highest BCUT2D eigenvalue weighted by atomic mass is 15.1. The molecule has 0 aromatic heterocycles. The van der Waals surface area contributed by atoms with Gasteiger partial charge in [0.05, 0.1) is 0 Å². The van der Waals surface area contributed by atoms with Gasteiger partial charge in [0.15, 0.2) is 0 Å².